The van der Waals surface area contributed by atoms with Crippen molar-refractivity contribution >= 4 is 21.8 Å². The predicted octanol–water partition coefficient (Wildman–Crippen LogP) is 13.2. The molecule has 1 unspecified atom stereocenters. The van der Waals surface area contributed by atoms with Gasteiger partial charge in [-0.05, 0) is 76.1 Å². The minimum atomic E-state index is 0. The van der Waals surface area contributed by atoms with E-state index in [0.29, 0.717) is 0 Å². The molecule has 55 heavy (non-hydrogen) atoms. The van der Waals surface area contributed by atoms with E-state index in [2.05, 4.69) is 150 Å². The van der Waals surface area contributed by atoms with Gasteiger partial charge in [0.2, 0.25) is 0 Å². The zero-order chi connectivity index (χ0) is 35.6. The topological polar surface area (TPSA) is 23.4 Å². The summed E-state index contributed by atoms with van der Waals surface area (Å²) in [5.41, 5.74) is 14.0. The minimum Gasteiger partial charge on any atom is -0.453 e. The summed E-state index contributed by atoms with van der Waals surface area (Å²) >= 11 is 0. The molecule has 3 heterocycles. The van der Waals surface area contributed by atoms with Gasteiger partial charge in [0.15, 0.2) is 23.0 Å². The van der Waals surface area contributed by atoms with Crippen LogP contribution in [0, 0.1) is 43.2 Å². The fourth-order valence-corrected chi connectivity index (χ4v) is 8.54. The van der Waals surface area contributed by atoms with Crippen LogP contribution in [-0.4, -0.2) is 4.57 Å². The smallest absolute Gasteiger partial charge is 0.453 e. The average Bonchev–Trinajstić information content (AvgIpc) is 3.58. The maximum absolute atomic E-state index is 6.61. The normalized spacial score (nSPS) is 12.6. The van der Waals surface area contributed by atoms with E-state index in [-0.39, 0.29) is 37.0 Å². The zero-order valence-corrected chi connectivity index (χ0v) is 34.1. The number of ether oxygens (including phenoxy) is 2. The van der Waals surface area contributed by atoms with Gasteiger partial charge in [0, 0.05) is 10.8 Å². The standard InChI is InChI=1S/C51H33NO2.U/c1-3-12-34(13-4-1)37-17-9-18-38(29-37)40(30-39-16-7-8-19-42(39)36-14-5-2-6-15-36)28-33-24-26-35(27-25-33)41-31-44-43-20-10-21-45-49(43)52-50(44)48(32-41)54-47-23-11-22-46(53-45)51(47)52;/h1-14,16-18,20-27,29,31-32,40H,28,30H2;/q-2;+2. The second-order valence-electron chi connectivity index (χ2n) is 14.3. The van der Waals surface area contributed by atoms with E-state index in [0.717, 1.165) is 74.8 Å². The third-order valence-corrected chi connectivity index (χ3v) is 11.1. The van der Waals surface area contributed by atoms with Gasteiger partial charge in [-0.25, -0.2) is 11.1 Å². The van der Waals surface area contributed by atoms with Gasteiger partial charge in [0.05, 0.1) is 11.0 Å². The number of hydrogen-bond acceptors (Lipinski definition) is 2. The molecule has 258 valence electrons. The molecule has 0 spiro atoms. The van der Waals surface area contributed by atoms with Crippen molar-refractivity contribution in [3.05, 3.63) is 199 Å². The van der Waals surface area contributed by atoms with Crippen molar-refractivity contribution in [1.82, 2.24) is 4.57 Å². The van der Waals surface area contributed by atoms with Crippen LogP contribution in [0.3, 0.4) is 0 Å². The van der Waals surface area contributed by atoms with Gasteiger partial charge >= 0.3 is 31.1 Å². The van der Waals surface area contributed by atoms with Crippen molar-refractivity contribution in [2.75, 3.05) is 0 Å². The molecule has 11 rings (SSSR count). The predicted molar refractivity (Wildman–Crippen MR) is 218 cm³/mol. The monoisotopic (exact) mass is 929 g/mol. The first kappa shape index (κ1) is 33.8. The van der Waals surface area contributed by atoms with Crippen molar-refractivity contribution in [3.63, 3.8) is 0 Å². The molecular weight excluding hydrogens is 897 g/mol. The van der Waals surface area contributed by atoms with Crippen LogP contribution in [-0.2, 0) is 12.8 Å². The Bertz CT molecular complexity index is 2880. The summed E-state index contributed by atoms with van der Waals surface area (Å²) in [4.78, 5) is 0. The van der Waals surface area contributed by atoms with Crippen LogP contribution >= 0.6 is 0 Å². The van der Waals surface area contributed by atoms with Gasteiger partial charge in [-0.15, -0.1) is 12.1 Å². The van der Waals surface area contributed by atoms with Crippen LogP contribution in [0.2, 0.25) is 0 Å². The summed E-state index contributed by atoms with van der Waals surface area (Å²) in [6.07, 6.45) is 1.78. The molecule has 0 aliphatic carbocycles. The zero-order valence-electron chi connectivity index (χ0n) is 29.9. The Labute approximate surface area is 344 Å². The van der Waals surface area contributed by atoms with Gasteiger partial charge < -0.3 is 9.47 Å². The number of para-hydroxylation sites is 2. The van der Waals surface area contributed by atoms with Gasteiger partial charge in [0.25, 0.3) is 0 Å². The van der Waals surface area contributed by atoms with Crippen LogP contribution in [0.5, 0.6) is 23.0 Å². The maximum Gasteiger partial charge on any atom is 2.00 e. The Balaban J connectivity index is 0.00000372. The minimum absolute atomic E-state index is 0. The molecule has 2 aliphatic rings. The molecule has 1 aromatic heterocycles. The van der Waals surface area contributed by atoms with Gasteiger partial charge in [-0.2, -0.15) is 48.0 Å². The van der Waals surface area contributed by atoms with Crippen molar-refractivity contribution in [2.45, 2.75) is 18.8 Å². The van der Waals surface area contributed by atoms with E-state index in [9.17, 15) is 0 Å². The molecule has 0 saturated heterocycles. The summed E-state index contributed by atoms with van der Waals surface area (Å²) in [6.45, 7) is 0. The second-order valence-corrected chi connectivity index (χ2v) is 14.3. The molecule has 4 heteroatoms. The van der Waals surface area contributed by atoms with Crippen molar-refractivity contribution < 1.29 is 40.6 Å². The van der Waals surface area contributed by atoms with E-state index < -0.39 is 0 Å². The van der Waals surface area contributed by atoms with Crippen molar-refractivity contribution in [2.24, 2.45) is 0 Å². The van der Waals surface area contributed by atoms with Crippen LogP contribution in [0.15, 0.2) is 170 Å². The van der Waals surface area contributed by atoms with Gasteiger partial charge in [-0.1, -0.05) is 103 Å². The fraction of sp³-hybridized carbons (Fsp3) is 0.0588. The van der Waals surface area contributed by atoms with E-state index in [1.54, 1.807) is 0 Å². The van der Waals surface area contributed by atoms with Crippen molar-refractivity contribution in [3.8, 4) is 62.1 Å². The molecule has 0 saturated carbocycles. The first-order valence-electron chi connectivity index (χ1n) is 18.6. The van der Waals surface area contributed by atoms with Gasteiger partial charge in [0.1, 0.15) is 5.69 Å². The SMILES string of the molecule is [U+2].[c-]1ccccc1-c1[c-]cccc1CC(Cc1ccc(-c2cc3c4c(c2)c2cccc5c2n4-c2c(cccc2O3)O5)cc1)c1cccc(-c2ccccc2)c1. The Morgan fingerprint density at radius 2 is 1.20 bits per heavy atom. The molecule has 8 aromatic carbocycles. The van der Waals surface area contributed by atoms with Crippen molar-refractivity contribution in [1.29, 1.82) is 0 Å². The molecule has 0 radical (unpaired) electrons. The number of aromatic nitrogens is 1. The maximum atomic E-state index is 6.61. The van der Waals surface area contributed by atoms with Crippen LogP contribution < -0.4 is 9.47 Å². The molecule has 2 aliphatic heterocycles. The van der Waals surface area contributed by atoms with E-state index in [1.807, 2.05) is 36.4 Å². The van der Waals surface area contributed by atoms with Crippen LogP contribution in [0.4, 0.5) is 0 Å². The van der Waals surface area contributed by atoms with Crippen LogP contribution in [0.25, 0.3) is 60.9 Å². The average molecular weight is 930 g/mol. The fourth-order valence-electron chi connectivity index (χ4n) is 8.54. The first-order chi connectivity index (χ1) is 26.7. The van der Waals surface area contributed by atoms with E-state index in [4.69, 9.17) is 9.47 Å². The molecule has 0 fully saturated rings. The molecule has 1 atom stereocenters. The number of fused-ring (bicyclic) bond motifs is 1. The van der Waals surface area contributed by atoms with Crippen LogP contribution in [0.1, 0.15) is 22.6 Å². The summed E-state index contributed by atoms with van der Waals surface area (Å²) in [6, 6.07) is 67.3. The number of nitrogens with zero attached hydrogens (tertiary/aromatic N) is 1. The second kappa shape index (κ2) is 13.8. The number of hydrogen-bond donors (Lipinski definition) is 0. The third-order valence-electron chi connectivity index (χ3n) is 11.1. The first-order valence-corrected chi connectivity index (χ1v) is 18.6. The molecular formula is C51H33NO2U. The summed E-state index contributed by atoms with van der Waals surface area (Å²) in [5, 5.41) is 2.33. The number of rotatable bonds is 8. The summed E-state index contributed by atoms with van der Waals surface area (Å²) < 4.78 is 15.3. The van der Waals surface area contributed by atoms with Gasteiger partial charge in [-0.3, -0.25) is 4.57 Å². The summed E-state index contributed by atoms with van der Waals surface area (Å²) in [7, 11) is 0. The molecule has 0 amide bonds. The quantitative estimate of drug-likeness (QED) is 0.142. The third kappa shape index (κ3) is 5.80. The Kier molecular flexibility index (Phi) is 8.48. The molecule has 3 nitrogen and oxygen atoms in total. The van der Waals surface area contributed by atoms with E-state index >= 15 is 0 Å². The largest absolute Gasteiger partial charge is 2.00 e. The Morgan fingerprint density at radius 3 is 2.04 bits per heavy atom. The number of benzene rings is 8. The Hall–Kier alpha value is -5.79. The molecule has 0 N–H and O–H groups in total. The van der Waals surface area contributed by atoms with E-state index in [1.165, 1.54) is 38.6 Å². The molecule has 9 aromatic rings. The Morgan fingerprint density at radius 1 is 0.491 bits per heavy atom. The molecule has 0 bridgehead atoms. The summed E-state index contributed by atoms with van der Waals surface area (Å²) in [5.74, 6) is 3.62.